The standard InChI is InChI=1S/C16H24BrN3O/c1-10(2)7-18-8-15-11(3)6-14(21-15)9-20-13(5)16(17)12(4)19-20/h6,10,18H,7-9H2,1-5H3. The van der Waals surface area contributed by atoms with Gasteiger partial charge in [-0.15, -0.1) is 0 Å². The van der Waals surface area contributed by atoms with Crippen LogP contribution < -0.4 is 5.32 Å². The molecule has 4 nitrogen and oxygen atoms in total. The number of hydrogen-bond acceptors (Lipinski definition) is 3. The van der Waals surface area contributed by atoms with Crippen molar-refractivity contribution in [3.8, 4) is 0 Å². The van der Waals surface area contributed by atoms with Crippen LogP contribution in [0.25, 0.3) is 0 Å². The van der Waals surface area contributed by atoms with Gasteiger partial charge in [-0.3, -0.25) is 4.68 Å². The van der Waals surface area contributed by atoms with Gasteiger partial charge < -0.3 is 9.73 Å². The molecule has 2 aromatic heterocycles. The molecule has 0 saturated carbocycles. The molecule has 116 valence electrons. The fourth-order valence-corrected chi connectivity index (χ4v) is 2.58. The van der Waals surface area contributed by atoms with Crippen molar-refractivity contribution >= 4 is 15.9 Å². The lowest BCUT2D eigenvalue weighted by atomic mass is 10.2. The molecule has 0 aliphatic heterocycles. The number of hydrogen-bond donors (Lipinski definition) is 1. The van der Waals surface area contributed by atoms with Crippen molar-refractivity contribution in [3.63, 3.8) is 0 Å². The monoisotopic (exact) mass is 353 g/mol. The molecule has 0 aliphatic carbocycles. The van der Waals surface area contributed by atoms with Gasteiger partial charge >= 0.3 is 0 Å². The Labute approximate surface area is 135 Å². The van der Waals surface area contributed by atoms with E-state index in [1.807, 2.05) is 11.6 Å². The molecule has 0 saturated heterocycles. The lowest BCUT2D eigenvalue weighted by molar-refractivity contribution is 0.419. The van der Waals surface area contributed by atoms with Crippen molar-refractivity contribution in [2.24, 2.45) is 5.92 Å². The third kappa shape index (κ3) is 3.98. The minimum absolute atomic E-state index is 0.645. The first-order chi connectivity index (χ1) is 9.88. The van der Waals surface area contributed by atoms with Gasteiger partial charge in [0.2, 0.25) is 0 Å². The number of aryl methyl sites for hydroxylation is 2. The van der Waals surface area contributed by atoms with E-state index in [-0.39, 0.29) is 0 Å². The molecular weight excluding hydrogens is 330 g/mol. The van der Waals surface area contributed by atoms with Crippen molar-refractivity contribution in [2.45, 2.75) is 47.7 Å². The fourth-order valence-electron chi connectivity index (χ4n) is 2.29. The van der Waals surface area contributed by atoms with Gasteiger partial charge in [0.05, 0.1) is 29.0 Å². The van der Waals surface area contributed by atoms with Gasteiger partial charge in [-0.1, -0.05) is 13.8 Å². The van der Waals surface area contributed by atoms with Crippen LogP contribution in [0.2, 0.25) is 0 Å². The first kappa shape index (κ1) is 16.3. The van der Waals surface area contributed by atoms with Crippen LogP contribution in [-0.4, -0.2) is 16.3 Å². The van der Waals surface area contributed by atoms with Gasteiger partial charge in [-0.25, -0.2) is 0 Å². The van der Waals surface area contributed by atoms with E-state index in [0.29, 0.717) is 12.5 Å². The number of nitrogens with one attached hydrogen (secondary N) is 1. The van der Waals surface area contributed by atoms with Crippen molar-refractivity contribution in [1.29, 1.82) is 0 Å². The zero-order valence-corrected chi connectivity index (χ0v) is 15.0. The van der Waals surface area contributed by atoms with E-state index in [9.17, 15) is 0 Å². The van der Waals surface area contributed by atoms with Crippen LogP contribution in [0, 0.1) is 26.7 Å². The molecule has 2 rings (SSSR count). The van der Waals surface area contributed by atoms with Crippen LogP contribution in [0.15, 0.2) is 15.0 Å². The molecule has 0 radical (unpaired) electrons. The highest BCUT2D eigenvalue weighted by atomic mass is 79.9. The SMILES string of the molecule is Cc1cc(Cn2nc(C)c(Br)c2C)oc1CNCC(C)C. The minimum Gasteiger partial charge on any atom is -0.462 e. The summed E-state index contributed by atoms with van der Waals surface area (Å²) in [4.78, 5) is 0. The number of nitrogens with zero attached hydrogens (tertiary/aromatic N) is 2. The maximum Gasteiger partial charge on any atom is 0.126 e. The Morgan fingerprint density at radius 1 is 1.33 bits per heavy atom. The van der Waals surface area contributed by atoms with Crippen LogP contribution in [0.4, 0.5) is 0 Å². The van der Waals surface area contributed by atoms with E-state index in [0.717, 1.165) is 40.5 Å². The maximum absolute atomic E-state index is 5.97. The molecule has 0 amide bonds. The summed E-state index contributed by atoms with van der Waals surface area (Å²) < 4.78 is 9.01. The predicted octanol–water partition coefficient (Wildman–Crippen LogP) is 3.96. The molecule has 0 fully saturated rings. The molecule has 2 heterocycles. The molecule has 0 unspecified atom stereocenters. The van der Waals surface area contributed by atoms with Gasteiger partial charge in [0.15, 0.2) is 0 Å². The van der Waals surface area contributed by atoms with Crippen LogP contribution in [0.1, 0.15) is 42.3 Å². The third-order valence-corrected chi connectivity index (χ3v) is 4.66. The number of furan rings is 1. The Bertz CT molecular complexity index is 613. The van der Waals surface area contributed by atoms with E-state index in [2.05, 4.69) is 60.1 Å². The normalized spacial score (nSPS) is 11.6. The third-order valence-electron chi connectivity index (χ3n) is 3.51. The average Bonchev–Trinajstić information content (AvgIpc) is 2.86. The van der Waals surface area contributed by atoms with Crippen LogP contribution >= 0.6 is 15.9 Å². The number of rotatable bonds is 6. The number of halogens is 1. The van der Waals surface area contributed by atoms with Crippen molar-refractivity contribution in [3.05, 3.63) is 39.0 Å². The molecule has 0 spiro atoms. The first-order valence-corrected chi connectivity index (χ1v) is 8.16. The highest BCUT2D eigenvalue weighted by Gasteiger charge is 2.12. The predicted molar refractivity (Wildman–Crippen MR) is 88.5 cm³/mol. The molecule has 0 aromatic carbocycles. The highest BCUT2D eigenvalue weighted by Crippen LogP contribution is 2.22. The summed E-state index contributed by atoms with van der Waals surface area (Å²) in [6.07, 6.45) is 0. The minimum atomic E-state index is 0.645. The largest absolute Gasteiger partial charge is 0.462 e. The topological polar surface area (TPSA) is 43.0 Å². The summed E-state index contributed by atoms with van der Waals surface area (Å²) in [5.74, 6) is 2.62. The summed E-state index contributed by atoms with van der Waals surface area (Å²) >= 11 is 3.56. The fraction of sp³-hybridized carbons (Fsp3) is 0.562. The van der Waals surface area contributed by atoms with E-state index in [1.54, 1.807) is 0 Å². The van der Waals surface area contributed by atoms with Gasteiger partial charge in [0.25, 0.3) is 0 Å². The Morgan fingerprint density at radius 3 is 2.62 bits per heavy atom. The summed E-state index contributed by atoms with van der Waals surface area (Å²) in [6.45, 7) is 13.0. The second-order valence-electron chi connectivity index (χ2n) is 5.99. The molecule has 21 heavy (non-hydrogen) atoms. The van der Waals surface area contributed by atoms with Crippen LogP contribution in [0.5, 0.6) is 0 Å². The molecule has 0 atom stereocenters. The maximum atomic E-state index is 5.97. The molecule has 0 bridgehead atoms. The number of aromatic nitrogens is 2. The van der Waals surface area contributed by atoms with Crippen LogP contribution in [-0.2, 0) is 13.1 Å². The molecule has 2 aromatic rings. The first-order valence-electron chi connectivity index (χ1n) is 7.37. The lowest BCUT2D eigenvalue weighted by Gasteiger charge is -2.06. The quantitative estimate of drug-likeness (QED) is 0.854. The summed E-state index contributed by atoms with van der Waals surface area (Å²) in [7, 11) is 0. The van der Waals surface area contributed by atoms with Gasteiger partial charge in [0, 0.05) is 0 Å². The summed E-state index contributed by atoms with van der Waals surface area (Å²) in [6, 6.07) is 2.11. The summed E-state index contributed by atoms with van der Waals surface area (Å²) in [5, 5.41) is 7.94. The van der Waals surface area contributed by atoms with E-state index >= 15 is 0 Å². The van der Waals surface area contributed by atoms with Gasteiger partial charge in [-0.2, -0.15) is 5.10 Å². The van der Waals surface area contributed by atoms with Crippen molar-refractivity contribution in [2.75, 3.05) is 6.54 Å². The zero-order valence-electron chi connectivity index (χ0n) is 13.5. The van der Waals surface area contributed by atoms with Crippen molar-refractivity contribution < 1.29 is 4.42 Å². The summed E-state index contributed by atoms with van der Waals surface area (Å²) in [5.41, 5.74) is 3.33. The highest BCUT2D eigenvalue weighted by molar-refractivity contribution is 9.10. The molecular formula is C16H24BrN3O. The molecule has 5 heteroatoms. The van der Waals surface area contributed by atoms with Crippen molar-refractivity contribution in [1.82, 2.24) is 15.1 Å². The zero-order chi connectivity index (χ0) is 15.6. The van der Waals surface area contributed by atoms with E-state index in [1.165, 1.54) is 5.56 Å². The molecule has 0 aliphatic rings. The Balaban J connectivity index is 2.06. The second kappa shape index (κ2) is 6.79. The van der Waals surface area contributed by atoms with Gasteiger partial charge in [-0.05, 0) is 60.8 Å². The van der Waals surface area contributed by atoms with Gasteiger partial charge in [0.1, 0.15) is 11.5 Å². The van der Waals surface area contributed by atoms with E-state index < -0.39 is 0 Å². The Hall–Kier alpha value is -1.07. The Morgan fingerprint density at radius 2 is 2.05 bits per heavy atom. The van der Waals surface area contributed by atoms with Crippen LogP contribution in [0.3, 0.4) is 0 Å². The Kier molecular flexibility index (Phi) is 5.27. The average molecular weight is 354 g/mol. The van der Waals surface area contributed by atoms with E-state index in [4.69, 9.17) is 4.42 Å². The molecule has 1 N–H and O–H groups in total. The smallest absolute Gasteiger partial charge is 0.126 e. The lowest BCUT2D eigenvalue weighted by Crippen LogP contribution is -2.19. The second-order valence-corrected chi connectivity index (χ2v) is 6.78.